The van der Waals surface area contributed by atoms with Crippen LogP contribution in [0.15, 0.2) is 0 Å². The smallest absolute Gasteiger partial charge is 0.000851 e. The first-order valence-electron chi connectivity index (χ1n) is 4.25. The molecule has 2 nitrogen and oxygen atoms in total. The van der Waals surface area contributed by atoms with Crippen LogP contribution in [0.2, 0.25) is 0 Å². The van der Waals surface area contributed by atoms with E-state index in [1.54, 1.807) is 0 Å². The second-order valence-corrected chi connectivity index (χ2v) is 3.94. The highest BCUT2D eigenvalue weighted by Gasteiger charge is 2.44. The summed E-state index contributed by atoms with van der Waals surface area (Å²) in [4.78, 5) is 0. The molecule has 1 saturated heterocycles. The maximum atomic E-state index is 5.56. The molecule has 2 fully saturated rings. The molecule has 2 aliphatic rings. The predicted octanol–water partition coefficient (Wildman–Crippen LogP) is 0.335. The van der Waals surface area contributed by atoms with Gasteiger partial charge in [0.25, 0.3) is 0 Å². The minimum Gasteiger partial charge on any atom is -0.330 e. The van der Waals surface area contributed by atoms with Gasteiger partial charge in [-0.2, -0.15) is 0 Å². The lowest BCUT2D eigenvalue weighted by Crippen LogP contribution is -2.42. The summed E-state index contributed by atoms with van der Waals surface area (Å²) in [6.45, 7) is 3.39. The minimum absolute atomic E-state index is 0.698. The largest absolute Gasteiger partial charge is 0.330 e. The first-order chi connectivity index (χ1) is 4.85. The Bertz CT molecular complexity index is 119. The van der Waals surface area contributed by atoms with Gasteiger partial charge in [-0.15, -0.1) is 0 Å². The third-order valence-corrected chi connectivity index (χ3v) is 3.11. The van der Waals surface area contributed by atoms with Crippen molar-refractivity contribution in [1.29, 1.82) is 0 Å². The SMILES string of the molecule is NCC1CC2(CCNC2)C1. The van der Waals surface area contributed by atoms with Gasteiger partial charge in [0.1, 0.15) is 0 Å². The molecule has 0 aromatic heterocycles. The molecule has 58 valence electrons. The van der Waals surface area contributed by atoms with E-state index >= 15 is 0 Å². The van der Waals surface area contributed by atoms with Crippen LogP contribution >= 0.6 is 0 Å². The number of hydrogen-bond acceptors (Lipinski definition) is 2. The van der Waals surface area contributed by atoms with Gasteiger partial charge < -0.3 is 11.1 Å². The standard InChI is InChI=1S/C8H16N2/c9-5-7-3-8(4-7)1-2-10-6-8/h7,10H,1-6,9H2. The van der Waals surface area contributed by atoms with Crippen LogP contribution in [0.3, 0.4) is 0 Å². The van der Waals surface area contributed by atoms with Gasteiger partial charge in [0, 0.05) is 6.54 Å². The van der Waals surface area contributed by atoms with E-state index in [1.807, 2.05) is 0 Å². The van der Waals surface area contributed by atoms with E-state index in [0.717, 1.165) is 12.5 Å². The summed E-state index contributed by atoms with van der Waals surface area (Å²) in [5, 5.41) is 3.42. The number of nitrogens with one attached hydrogen (secondary N) is 1. The number of rotatable bonds is 1. The van der Waals surface area contributed by atoms with E-state index in [9.17, 15) is 0 Å². The second kappa shape index (κ2) is 2.21. The highest BCUT2D eigenvalue weighted by Crippen LogP contribution is 2.48. The maximum Gasteiger partial charge on any atom is 0.000851 e. The Hall–Kier alpha value is -0.0800. The molecule has 1 aliphatic heterocycles. The van der Waals surface area contributed by atoms with Crippen LogP contribution in [0.5, 0.6) is 0 Å². The van der Waals surface area contributed by atoms with Crippen LogP contribution in [0.1, 0.15) is 19.3 Å². The molecule has 0 atom stereocenters. The zero-order valence-electron chi connectivity index (χ0n) is 6.40. The Morgan fingerprint density at radius 2 is 2.30 bits per heavy atom. The van der Waals surface area contributed by atoms with Crippen LogP contribution in [-0.4, -0.2) is 19.6 Å². The fourth-order valence-electron chi connectivity index (χ4n) is 2.48. The minimum atomic E-state index is 0.698. The average Bonchev–Trinajstić information content (AvgIpc) is 2.30. The summed E-state index contributed by atoms with van der Waals surface area (Å²) in [5.41, 5.74) is 6.26. The first-order valence-corrected chi connectivity index (χ1v) is 4.25. The lowest BCUT2D eigenvalue weighted by atomic mass is 9.61. The summed E-state index contributed by atoms with van der Waals surface area (Å²) in [6.07, 6.45) is 4.16. The predicted molar refractivity (Wildman–Crippen MR) is 41.7 cm³/mol. The van der Waals surface area contributed by atoms with Crippen LogP contribution in [0.4, 0.5) is 0 Å². The monoisotopic (exact) mass is 140 g/mol. The van der Waals surface area contributed by atoms with Gasteiger partial charge in [0.15, 0.2) is 0 Å². The Morgan fingerprint density at radius 1 is 1.50 bits per heavy atom. The van der Waals surface area contributed by atoms with Crippen molar-refractivity contribution in [1.82, 2.24) is 5.32 Å². The van der Waals surface area contributed by atoms with E-state index in [1.165, 1.54) is 32.4 Å². The molecule has 0 unspecified atom stereocenters. The zero-order valence-corrected chi connectivity index (χ0v) is 6.40. The van der Waals surface area contributed by atoms with Crippen molar-refractivity contribution in [2.45, 2.75) is 19.3 Å². The zero-order chi connectivity index (χ0) is 7.03. The van der Waals surface area contributed by atoms with Crippen molar-refractivity contribution < 1.29 is 0 Å². The molecule has 0 aromatic rings. The van der Waals surface area contributed by atoms with E-state index < -0.39 is 0 Å². The van der Waals surface area contributed by atoms with Crippen molar-refractivity contribution in [3.8, 4) is 0 Å². The topological polar surface area (TPSA) is 38.0 Å². The quantitative estimate of drug-likeness (QED) is 0.551. The third kappa shape index (κ3) is 0.867. The normalized spacial score (nSPS) is 45.9. The van der Waals surface area contributed by atoms with E-state index in [4.69, 9.17) is 5.73 Å². The fraction of sp³-hybridized carbons (Fsp3) is 1.00. The molecule has 1 spiro atoms. The maximum absolute atomic E-state index is 5.56. The van der Waals surface area contributed by atoms with E-state index in [-0.39, 0.29) is 0 Å². The Morgan fingerprint density at radius 3 is 2.80 bits per heavy atom. The van der Waals surface area contributed by atoms with Crippen LogP contribution in [0.25, 0.3) is 0 Å². The van der Waals surface area contributed by atoms with Gasteiger partial charge in [-0.3, -0.25) is 0 Å². The van der Waals surface area contributed by atoms with Gasteiger partial charge in [-0.1, -0.05) is 0 Å². The fourth-order valence-corrected chi connectivity index (χ4v) is 2.48. The second-order valence-electron chi connectivity index (χ2n) is 3.94. The van der Waals surface area contributed by atoms with E-state index in [0.29, 0.717) is 5.41 Å². The summed E-state index contributed by atoms with van der Waals surface area (Å²) < 4.78 is 0. The lowest BCUT2D eigenvalue weighted by molar-refractivity contribution is 0.0826. The molecule has 1 saturated carbocycles. The summed E-state index contributed by atoms with van der Waals surface area (Å²) >= 11 is 0. The molecule has 3 N–H and O–H groups in total. The number of nitrogens with two attached hydrogens (primary N) is 1. The van der Waals surface area contributed by atoms with Crippen LogP contribution in [-0.2, 0) is 0 Å². The van der Waals surface area contributed by atoms with Crippen molar-refractivity contribution in [2.75, 3.05) is 19.6 Å². The van der Waals surface area contributed by atoms with Crippen molar-refractivity contribution in [3.05, 3.63) is 0 Å². The number of hydrogen-bond donors (Lipinski definition) is 2. The van der Waals surface area contributed by atoms with Crippen LogP contribution in [0, 0.1) is 11.3 Å². The highest BCUT2D eigenvalue weighted by molar-refractivity contribution is 4.98. The molecule has 10 heavy (non-hydrogen) atoms. The molecular formula is C8H16N2. The Balaban J connectivity index is 1.86. The average molecular weight is 140 g/mol. The molecule has 0 radical (unpaired) electrons. The molecule has 2 rings (SSSR count). The molecule has 0 aromatic carbocycles. The lowest BCUT2D eigenvalue weighted by Gasteiger charge is -2.44. The molecule has 0 amide bonds. The molecule has 1 heterocycles. The molecule has 2 heteroatoms. The molecule has 1 aliphatic carbocycles. The third-order valence-electron chi connectivity index (χ3n) is 3.11. The Kier molecular flexibility index (Phi) is 1.46. The van der Waals surface area contributed by atoms with Crippen molar-refractivity contribution in [2.24, 2.45) is 17.1 Å². The molecular weight excluding hydrogens is 124 g/mol. The van der Waals surface area contributed by atoms with Crippen molar-refractivity contribution >= 4 is 0 Å². The van der Waals surface area contributed by atoms with Crippen LogP contribution < -0.4 is 11.1 Å². The van der Waals surface area contributed by atoms with Gasteiger partial charge in [0.05, 0.1) is 0 Å². The van der Waals surface area contributed by atoms with Crippen molar-refractivity contribution in [3.63, 3.8) is 0 Å². The first kappa shape index (κ1) is 6.62. The van der Waals surface area contributed by atoms with Gasteiger partial charge in [-0.05, 0) is 43.7 Å². The summed E-state index contributed by atoms with van der Waals surface area (Å²) in [5.74, 6) is 0.847. The summed E-state index contributed by atoms with van der Waals surface area (Å²) in [7, 11) is 0. The van der Waals surface area contributed by atoms with Gasteiger partial charge in [-0.25, -0.2) is 0 Å². The summed E-state index contributed by atoms with van der Waals surface area (Å²) in [6, 6.07) is 0. The van der Waals surface area contributed by atoms with Gasteiger partial charge in [0.2, 0.25) is 0 Å². The van der Waals surface area contributed by atoms with Gasteiger partial charge >= 0.3 is 0 Å². The highest BCUT2D eigenvalue weighted by atomic mass is 14.9. The van der Waals surface area contributed by atoms with E-state index in [2.05, 4.69) is 5.32 Å². The Labute approximate surface area is 62.2 Å². The molecule has 0 bridgehead atoms.